The Kier molecular flexibility index (Phi) is 6.67. The topological polar surface area (TPSA) is 131 Å². The van der Waals surface area contributed by atoms with Crippen LogP contribution < -0.4 is 10.1 Å². The number of carbonyl (C=O) groups is 1. The van der Waals surface area contributed by atoms with Gasteiger partial charge in [0.05, 0.1) is 10.6 Å². The molecule has 1 aromatic carbocycles. The first-order valence-electron chi connectivity index (χ1n) is 10.8. The summed E-state index contributed by atoms with van der Waals surface area (Å²) in [7, 11) is -3.64. The zero-order valence-electron chi connectivity index (χ0n) is 19.4. The highest BCUT2D eigenvalue weighted by molar-refractivity contribution is 7.90. The Bertz CT molecular complexity index is 1490. The number of rotatable bonds is 6. The number of hydrogen-bond donors (Lipinski definition) is 2. The first-order chi connectivity index (χ1) is 17.2. The quantitative estimate of drug-likeness (QED) is 0.352. The SMILES string of the molecule is Cc1c(C(F)(F)F)nnc(Oc2ccc(C3(O)CCC3)nc2F)c1C(=O)Nc1cccc(S(C)(=O)=O)c1. The Hall–Kier alpha value is -3.65. The minimum Gasteiger partial charge on any atom is -0.432 e. The van der Waals surface area contributed by atoms with Crippen molar-refractivity contribution in [2.75, 3.05) is 11.6 Å². The summed E-state index contributed by atoms with van der Waals surface area (Å²) in [6.45, 7) is 0.968. The Labute approximate surface area is 208 Å². The summed E-state index contributed by atoms with van der Waals surface area (Å²) >= 11 is 0. The van der Waals surface area contributed by atoms with Crippen LogP contribution in [0.1, 0.15) is 46.6 Å². The zero-order valence-corrected chi connectivity index (χ0v) is 20.2. The zero-order chi connectivity index (χ0) is 27.2. The van der Waals surface area contributed by atoms with Gasteiger partial charge in [0.1, 0.15) is 11.2 Å². The number of aliphatic hydroxyl groups is 1. The first-order valence-corrected chi connectivity index (χ1v) is 12.7. The van der Waals surface area contributed by atoms with Crippen LogP contribution in [0.3, 0.4) is 0 Å². The van der Waals surface area contributed by atoms with Gasteiger partial charge in [0.15, 0.2) is 21.3 Å². The maximum Gasteiger partial charge on any atom is 0.435 e. The summed E-state index contributed by atoms with van der Waals surface area (Å²) in [6, 6.07) is 7.48. The second-order valence-electron chi connectivity index (χ2n) is 8.58. The molecule has 2 aromatic heterocycles. The molecule has 37 heavy (non-hydrogen) atoms. The van der Waals surface area contributed by atoms with Crippen LogP contribution in [0.25, 0.3) is 0 Å². The van der Waals surface area contributed by atoms with Gasteiger partial charge in [-0.25, -0.2) is 13.4 Å². The molecule has 0 aliphatic heterocycles. The van der Waals surface area contributed by atoms with E-state index >= 15 is 0 Å². The molecule has 0 radical (unpaired) electrons. The van der Waals surface area contributed by atoms with Crippen molar-refractivity contribution in [3.63, 3.8) is 0 Å². The largest absolute Gasteiger partial charge is 0.435 e. The summed E-state index contributed by atoms with van der Waals surface area (Å²) in [4.78, 5) is 16.6. The highest BCUT2D eigenvalue weighted by Crippen LogP contribution is 2.41. The number of ether oxygens (including phenoxy) is 1. The Morgan fingerprint density at radius 2 is 1.86 bits per heavy atom. The Morgan fingerprint density at radius 1 is 1.16 bits per heavy atom. The van der Waals surface area contributed by atoms with Crippen LogP contribution in [-0.4, -0.2) is 40.9 Å². The van der Waals surface area contributed by atoms with E-state index in [9.17, 15) is 35.9 Å². The van der Waals surface area contributed by atoms with E-state index in [1.165, 1.54) is 24.3 Å². The minimum absolute atomic E-state index is 0.0328. The van der Waals surface area contributed by atoms with Crippen LogP contribution in [0.2, 0.25) is 0 Å². The monoisotopic (exact) mass is 540 g/mol. The van der Waals surface area contributed by atoms with Crippen LogP contribution >= 0.6 is 0 Å². The molecule has 2 N–H and O–H groups in total. The second kappa shape index (κ2) is 9.34. The van der Waals surface area contributed by atoms with E-state index in [4.69, 9.17) is 4.74 Å². The van der Waals surface area contributed by atoms with E-state index in [2.05, 4.69) is 20.5 Å². The van der Waals surface area contributed by atoms with Crippen molar-refractivity contribution < 1.29 is 40.6 Å². The number of nitrogens with zero attached hydrogens (tertiary/aromatic N) is 3. The number of pyridine rings is 1. The third kappa shape index (κ3) is 5.39. The van der Waals surface area contributed by atoms with E-state index in [1.807, 2.05) is 0 Å². The highest BCUT2D eigenvalue weighted by Gasteiger charge is 2.39. The fourth-order valence-electron chi connectivity index (χ4n) is 3.73. The van der Waals surface area contributed by atoms with Gasteiger partial charge in [-0.05, 0) is 62.1 Å². The number of benzene rings is 1. The number of alkyl halides is 3. The summed E-state index contributed by atoms with van der Waals surface area (Å²) in [5, 5.41) is 19.2. The number of amides is 1. The average molecular weight is 540 g/mol. The van der Waals surface area contributed by atoms with Gasteiger partial charge < -0.3 is 15.2 Å². The van der Waals surface area contributed by atoms with E-state index < -0.39 is 61.9 Å². The normalized spacial score (nSPS) is 15.1. The predicted molar refractivity (Wildman–Crippen MR) is 121 cm³/mol. The molecule has 0 atom stereocenters. The molecule has 1 saturated carbocycles. The smallest absolute Gasteiger partial charge is 0.432 e. The third-order valence-electron chi connectivity index (χ3n) is 5.88. The molecule has 0 bridgehead atoms. The van der Waals surface area contributed by atoms with Gasteiger partial charge in [0, 0.05) is 11.9 Å². The van der Waals surface area contributed by atoms with Gasteiger partial charge in [0.2, 0.25) is 0 Å². The number of anilines is 1. The fraction of sp³-hybridized carbons (Fsp3) is 0.304. The summed E-state index contributed by atoms with van der Waals surface area (Å²) < 4.78 is 84.1. The summed E-state index contributed by atoms with van der Waals surface area (Å²) in [5.74, 6) is -3.61. The standard InChI is InChI=1S/C23H20F4N4O5S/c1-12-17(20(32)28-13-5-3-6-14(11-13)37(2,34)35)21(31-30-18(12)23(25,26)27)36-15-7-8-16(29-19(15)24)22(33)9-4-10-22/h3,5-8,11,33H,4,9-10H2,1-2H3,(H,28,32). The van der Waals surface area contributed by atoms with Crippen LogP contribution in [0.4, 0.5) is 23.2 Å². The molecule has 0 saturated heterocycles. The van der Waals surface area contributed by atoms with Crippen molar-refractivity contribution >= 4 is 21.4 Å². The molecule has 196 valence electrons. The van der Waals surface area contributed by atoms with Gasteiger partial charge in [-0.15, -0.1) is 10.2 Å². The summed E-state index contributed by atoms with van der Waals surface area (Å²) in [5.41, 5.74) is -4.04. The molecule has 9 nitrogen and oxygen atoms in total. The Morgan fingerprint density at radius 3 is 2.43 bits per heavy atom. The number of aromatic nitrogens is 3. The molecule has 14 heteroatoms. The number of hydrogen-bond acceptors (Lipinski definition) is 8. The van der Waals surface area contributed by atoms with Crippen molar-refractivity contribution in [1.29, 1.82) is 0 Å². The predicted octanol–water partition coefficient (Wildman–Crippen LogP) is 4.16. The van der Waals surface area contributed by atoms with Crippen LogP contribution in [0, 0.1) is 12.9 Å². The van der Waals surface area contributed by atoms with Crippen LogP contribution in [-0.2, 0) is 21.6 Å². The molecular weight excluding hydrogens is 520 g/mol. The molecule has 1 aliphatic carbocycles. The minimum atomic E-state index is -4.96. The van der Waals surface area contributed by atoms with Gasteiger partial charge in [0.25, 0.3) is 17.7 Å². The van der Waals surface area contributed by atoms with Crippen molar-refractivity contribution in [2.24, 2.45) is 0 Å². The van der Waals surface area contributed by atoms with Crippen LogP contribution in [0.5, 0.6) is 11.6 Å². The molecule has 1 aliphatic rings. The number of sulfone groups is 1. The lowest BCUT2D eigenvalue weighted by Crippen LogP contribution is -2.34. The van der Waals surface area contributed by atoms with E-state index in [-0.39, 0.29) is 16.3 Å². The van der Waals surface area contributed by atoms with Crippen molar-refractivity contribution in [3.05, 3.63) is 64.9 Å². The third-order valence-corrected chi connectivity index (χ3v) is 6.99. The van der Waals surface area contributed by atoms with Crippen molar-refractivity contribution in [3.8, 4) is 11.6 Å². The molecule has 0 unspecified atom stereocenters. The second-order valence-corrected chi connectivity index (χ2v) is 10.6. The van der Waals surface area contributed by atoms with Crippen LogP contribution in [0.15, 0.2) is 41.3 Å². The summed E-state index contributed by atoms with van der Waals surface area (Å²) in [6.07, 6.45) is -2.48. The van der Waals surface area contributed by atoms with Gasteiger partial charge in [-0.1, -0.05) is 6.07 Å². The first kappa shape index (κ1) is 26.4. The average Bonchev–Trinajstić information content (AvgIpc) is 2.77. The van der Waals surface area contributed by atoms with E-state index in [1.54, 1.807) is 0 Å². The molecular formula is C23H20F4N4O5S. The molecule has 3 aromatic rings. The van der Waals surface area contributed by atoms with Crippen molar-refractivity contribution in [2.45, 2.75) is 42.9 Å². The van der Waals surface area contributed by atoms with Crippen molar-refractivity contribution in [1.82, 2.24) is 15.2 Å². The molecule has 1 amide bonds. The molecule has 2 heterocycles. The fourth-order valence-corrected chi connectivity index (χ4v) is 4.40. The van der Waals surface area contributed by atoms with Gasteiger partial charge >= 0.3 is 6.18 Å². The Balaban J connectivity index is 1.73. The lowest BCUT2D eigenvalue weighted by Gasteiger charge is -2.35. The van der Waals surface area contributed by atoms with Gasteiger partial charge in [-0.3, -0.25) is 4.79 Å². The number of carbonyl (C=O) groups excluding carboxylic acids is 1. The van der Waals surface area contributed by atoms with E-state index in [0.717, 1.165) is 31.7 Å². The van der Waals surface area contributed by atoms with Gasteiger partial charge in [-0.2, -0.15) is 17.6 Å². The molecule has 0 spiro atoms. The number of nitrogens with one attached hydrogen (secondary N) is 1. The maximum absolute atomic E-state index is 14.7. The number of halogens is 4. The molecule has 4 rings (SSSR count). The van der Waals surface area contributed by atoms with E-state index in [0.29, 0.717) is 12.8 Å². The highest BCUT2D eigenvalue weighted by atomic mass is 32.2. The lowest BCUT2D eigenvalue weighted by molar-refractivity contribution is -0.142. The maximum atomic E-state index is 14.7. The molecule has 1 fully saturated rings. The lowest BCUT2D eigenvalue weighted by atomic mass is 9.77.